The second-order valence-electron chi connectivity index (χ2n) is 5.50. The summed E-state index contributed by atoms with van der Waals surface area (Å²) in [5.74, 6) is 0.704. The van der Waals surface area contributed by atoms with Crippen LogP contribution >= 0.6 is 0 Å². The summed E-state index contributed by atoms with van der Waals surface area (Å²) in [6, 6.07) is 3.10. The number of hydrogen-bond donors (Lipinski definition) is 2. The fourth-order valence-electron chi connectivity index (χ4n) is 2.91. The molecule has 0 radical (unpaired) electrons. The Labute approximate surface area is 121 Å². The minimum Gasteiger partial charge on any atom is -0.506 e. The number of aromatic nitrogens is 1. The second kappa shape index (κ2) is 5.27. The maximum absolute atomic E-state index is 11.5. The van der Waals surface area contributed by atoms with E-state index in [1.165, 1.54) is 13.2 Å². The number of aromatic hydroxyl groups is 1. The first-order chi connectivity index (χ1) is 10.1. The average molecular weight is 290 g/mol. The predicted molar refractivity (Wildman–Crippen MR) is 76.8 cm³/mol. The molecule has 2 aromatic rings. The predicted octanol–water partition coefficient (Wildman–Crippen LogP) is 2.56. The molecule has 0 atom stereocenters. The highest BCUT2D eigenvalue weighted by Gasteiger charge is 2.30. The molecule has 3 N–H and O–H groups in total. The van der Waals surface area contributed by atoms with Gasteiger partial charge in [-0.3, -0.25) is 4.79 Å². The van der Waals surface area contributed by atoms with Crippen LogP contribution in [0, 0.1) is 5.92 Å². The normalized spacial score (nSPS) is 22.3. The van der Waals surface area contributed by atoms with Crippen molar-refractivity contribution < 1.29 is 19.1 Å². The Morgan fingerprint density at radius 2 is 2.10 bits per heavy atom. The van der Waals surface area contributed by atoms with Crippen molar-refractivity contribution in [3.63, 3.8) is 0 Å². The highest BCUT2D eigenvalue weighted by atomic mass is 16.5. The van der Waals surface area contributed by atoms with E-state index < -0.39 is 0 Å². The number of carbonyl (C=O) groups is 1. The molecule has 21 heavy (non-hydrogen) atoms. The number of ether oxygens (including phenoxy) is 1. The summed E-state index contributed by atoms with van der Waals surface area (Å²) in [7, 11) is 1.42. The van der Waals surface area contributed by atoms with E-state index in [9.17, 15) is 9.90 Å². The third kappa shape index (κ3) is 2.53. The van der Waals surface area contributed by atoms with Crippen LogP contribution in [-0.4, -0.2) is 23.2 Å². The lowest BCUT2D eigenvalue weighted by atomic mass is 9.82. The van der Waals surface area contributed by atoms with Gasteiger partial charge in [-0.05, 0) is 25.7 Å². The van der Waals surface area contributed by atoms with Crippen LogP contribution in [0.4, 0.5) is 5.69 Å². The Hall–Kier alpha value is -2.24. The Morgan fingerprint density at radius 3 is 2.76 bits per heavy atom. The zero-order chi connectivity index (χ0) is 15.0. The number of anilines is 1. The Balaban J connectivity index is 1.78. The fraction of sp³-hybridized carbons (Fsp3) is 0.467. The topological polar surface area (TPSA) is 98.6 Å². The lowest BCUT2D eigenvalue weighted by Gasteiger charge is -2.24. The van der Waals surface area contributed by atoms with E-state index in [1.54, 1.807) is 6.07 Å². The Bertz CT molecular complexity index is 633. The molecule has 0 saturated heterocycles. The van der Waals surface area contributed by atoms with Gasteiger partial charge in [0.25, 0.3) is 0 Å². The maximum atomic E-state index is 11.5. The molecule has 0 unspecified atom stereocenters. The van der Waals surface area contributed by atoms with E-state index in [-0.39, 0.29) is 29.2 Å². The molecular formula is C15H18N2O4. The standard InChI is InChI=1S/C15H18N2O4/c1-20-15(19)9-4-2-8(3-5-9)14-17-11-7-12(18)10(16)6-13(11)21-14/h6-9,18H,2-5,16H2,1H3. The summed E-state index contributed by atoms with van der Waals surface area (Å²) in [6.07, 6.45) is 3.25. The maximum Gasteiger partial charge on any atom is 0.308 e. The van der Waals surface area contributed by atoms with Gasteiger partial charge in [0.15, 0.2) is 11.5 Å². The van der Waals surface area contributed by atoms with Gasteiger partial charge in [-0.1, -0.05) is 0 Å². The summed E-state index contributed by atoms with van der Waals surface area (Å²) in [5.41, 5.74) is 7.11. The van der Waals surface area contributed by atoms with Crippen molar-refractivity contribution in [1.82, 2.24) is 4.98 Å². The van der Waals surface area contributed by atoms with Crippen molar-refractivity contribution in [2.45, 2.75) is 31.6 Å². The van der Waals surface area contributed by atoms with Crippen LogP contribution in [0.1, 0.15) is 37.5 Å². The monoisotopic (exact) mass is 290 g/mol. The third-order valence-electron chi connectivity index (χ3n) is 4.16. The number of esters is 1. The average Bonchev–Trinajstić information content (AvgIpc) is 2.90. The number of fused-ring (bicyclic) bond motifs is 1. The highest BCUT2D eigenvalue weighted by molar-refractivity contribution is 5.80. The summed E-state index contributed by atoms with van der Waals surface area (Å²) < 4.78 is 10.5. The number of carbonyl (C=O) groups excluding carboxylic acids is 1. The van der Waals surface area contributed by atoms with E-state index in [2.05, 4.69) is 4.98 Å². The van der Waals surface area contributed by atoms with E-state index in [0.29, 0.717) is 17.0 Å². The summed E-state index contributed by atoms with van der Waals surface area (Å²) in [4.78, 5) is 16.0. The number of nitrogens with zero attached hydrogens (tertiary/aromatic N) is 1. The van der Waals surface area contributed by atoms with Crippen molar-refractivity contribution in [2.75, 3.05) is 12.8 Å². The molecule has 1 aliphatic rings. The number of oxazole rings is 1. The van der Waals surface area contributed by atoms with Gasteiger partial charge in [-0.15, -0.1) is 0 Å². The molecule has 6 nitrogen and oxygen atoms in total. The zero-order valence-electron chi connectivity index (χ0n) is 11.8. The molecule has 1 aromatic carbocycles. The van der Waals surface area contributed by atoms with Crippen LogP contribution in [-0.2, 0) is 9.53 Å². The van der Waals surface area contributed by atoms with Crippen molar-refractivity contribution in [3.05, 3.63) is 18.0 Å². The van der Waals surface area contributed by atoms with Crippen molar-refractivity contribution in [1.29, 1.82) is 0 Å². The molecule has 1 fully saturated rings. The number of benzene rings is 1. The number of nitrogen functional groups attached to an aromatic ring is 1. The molecule has 0 aliphatic heterocycles. The first kappa shape index (κ1) is 13.7. The first-order valence-corrected chi connectivity index (χ1v) is 7.05. The van der Waals surface area contributed by atoms with Gasteiger partial charge in [-0.25, -0.2) is 4.98 Å². The Morgan fingerprint density at radius 1 is 1.38 bits per heavy atom. The molecule has 1 heterocycles. The SMILES string of the molecule is COC(=O)C1CCC(c2nc3cc(O)c(N)cc3o2)CC1. The molecule has 1 saturated carbocycles. The van der Waals surface area contributed by atoms with Crippen molar-refractivity contribution in [3.8, 4) is 5.75 Å². The molecule has 0 bridgehead atoms. The van der Waals surface area contributed by atoms with Crippen LogP contribution in [0.3, 0.4) is 0 Å². The summed E-state index contributed by atoms with van der Waals surface area (Å²) >= 11 is 0. The molecule has 112 valence electrons. The minimum absolute atomic E-state index is 0.0109. The van der Waals surface area contributed by atoms with Crippen LogP contribution < -0.4 is 5.73 Å². The van der Waals surface area contributed by atoms with E-state index >= 15 is 0 Å². The number of nitrogens with two attached hydrogens (primary N) is 1. The van der Waals surface area contributed by atoms with Crippen LogP contribution in [0.15, 0.2) is 16.5 Å². The molecule has 0 spiro atoms. The van der Waals surface area contributed by atoms with Crippen molar-refractivity contribution >= 4 is 22.8 Å². The molecule has 3 rings (SSSR count). The van der Waals surface area contributed by atoms with Crippen LogP contribution in [0.2, 0.25) is 0 Å². The number of phenols is 1. The van der Waals surface area contributed by atoms with Crippen LogP contribution in [0.5, 0.6) is 5.75 Å². The number of hydrogen-bond acceptors (Lipinski definition) is 6. The summed E-state index contributed by atoms with van der Waals surface area (Å²) in [6.45, 7) is 0. The summed E-state index contributed by atoms with van der Waals surface area (Å²) in [5, 5.41) is 9.60. The van der Waals surface area contributed by atoms with E-state index in [4.69, 9.17) is 14.9 Å². The van der Waals surface area contributed by atoms with Gasteiger partial charge in [0.2, 0.25) is 0 Å². The molecule has 0 amide bonds. The third-order valence-corrected chi connectivity index (χ3v) is 4.16. The lowest BCUT2D eigenvalue weighted by molar-refractivity contribution is -0.146. The molecule has 1 aromatic heterocycles. The minimum atomic E-state index is -0.135. The van der Waals surface area contributed by atoms with Gasteiger partial charge in [0.1, 0.15) is 11.3 Å². The Kier molecular flexibility index (Phi) is 3.45. The number of methoxy groups -OCH3 is 1. The fourth-order valence-corrected chi connectivity index (χ4v) is 2.91. The van der Waals surface area contributed by atoms with E-state index in [0.717, 1.165) is 25.7 Å². The largest absolute Gasteiger partial charge is 0.506 e. The van der Waals surface area contributed by atoms with Gasteiger partial charge < -0.3 is 20.0 Å². The number of rotatable bonds is 2. The lowest BCUT2D eigenvalue weighted by Crippen LogP contribution is -2.22. The van der Waals surface area contributed by atoms with Crippen LogP contribution in [0.25, 0.3) is 11.1 Å². The zero-order valence-corrected chi connectivity index (χ0v) is 11.8. The quantitative estimate of drug-likeness (QED) is 0.501. The van der Waals surface area contributed by atoms with Gasteiger partial charge in [0, 0.05) is 18.1 Å². The van der Waals surface area contributed by atoms with Crippen molar-refractivity contribution in [2.24, 2.45) is 5.92 Å². The van der Waals surface area contributed by atoms with Gasteiger partial charge >= 0.3 is 5.97 Å². The highest BCUT2D eigenvalue weighted by Crippen LogP contribution is 2.37. The van der Waals surface area contributed by atoms with E-state index in [1.807, 2.05) is 0 Å². The molecule has 1 aliphatic carbocycles. The smallest absolute Gasteiger partial charge is 0.308 e. The second-order valence-corrected chi connectivity index (χ2v) is 5.50. The van der Waals surface area contributed by atoms with Gasteiger partial charge in [-0.2, -0.15) is 0 Å². The molecular weight excluding hydrogens is 272 g/mol. The number of phenolic OH excluding ortho intramolecular Hbond substituents is 1. The van der Waals surface area contributed by atoms with Gasteiger partial charge in [0.05, 0.1) is 18.7 Å². The molecule has 6 heteroatoms. The first-order valence-electron chi connectivity index (χ1n) is 7.05.